The SMILES string of the molecule is COc1ccc(C(=O)Oc2c(Br)cc(/C=C3\SC(=O)N(Cc4cccc(C)c4)C3=O)cc2OC)cc1. The number of hydrogen-bond acceptors (Lipinski definition) is 7. The standard InChI is InChI=1S/C27H22BrNO6S/c1-16-5-4-6-17(11-16)15-29-25(30)23(36-27(29)32)14-18-12-21(28)24(22(13-18)34-3)35-26(31)19-7-9-20(33-2)10-8-19/h4-14H,15H2,1-3H3/b23-14-. The first-order valence-electron chi connectivity index (χ1n) is 10.8. The van der Waals surface area contributed by atoms with E-state index >= 15 is 0 Å². The third-order valence-corrected chi connectivity index (χ3v) is 6.86. The highest BCUT2D eigenvalue weighted by Crippen LogP contribution is 2.39. The summed E-state index contributed by atoms with van der Waals surface area (Å²) in [7, 11) is 2.99. The molecule has 1 saturated heterocycles. The Kier molecular flexibility index (Phi) is 7.81. The number of methoxy groups -OCH3 is 2. The molecular weight excluding hydrogens is 546 g/mol. The van der Waals surface area contributed by atoms with Gasteiger partial charge >= 0.3 is 5.97 Å². The van der Waals surface area contributed by atoms with E-state index in [1.807, 2.05) is 31.2 Å². The molecule has 1 heterocycles. The van der Waals surface area contributed by atoms with Gasteiger partial charge in [-0.25, -0.2) is 4.79 Å². The van der Waals surface area contributed by atoms with Crippen LogP contribution >= 0.6 is 27.7 Å². The average Bonchev–Trinajstić information content (AvgIpc) is 3.12. The van der Waals surface area contributed by atoms with Crippen LogP contribution in [-0.4, -0.2) is 36.2 Å². The van der Waals surface area contributed by atoms with Crippen molar-refractivity contribution in [2.75, 3.05) is 14.2 Å². The summed E-state index contributed by atoms with van der Waals surface area (Å²) < 4.78 is 16.6. The minimum absolute atomic E-state index is 0.197. The molecule has 0 saturated carbocycles. The summed E-state index contributed by atoms with van der Waals surface area (Å²) >= 11 is 4.31. The second-order valence-corrected chi connectivity index (χ2v) is 9.76. The Morgan fingerprint density at radius 3 is 2.44 bits per heavy atom. The molecule has 0 aromatic heterocycles. The van der Waals surface area contributed by atoms with Crippen molar-refractivity contribution in [3.05, 3.63) is 92.3 Å². The van der Waals surface area contributed by atoms with Gasteiger partial charge in [-0.15, -0.1) is 0 Å². The van der Waals surface area contributed by atoms with Crippen LogP contribution in [0.3, 0.4) is 0 Å². The molecule has 0 atom stereocenters. The molecule has 3 aromatic rings. The Morgan fingerprint density at radius 1 is 1.03 bits per heavy atom. The highest BCUT2D eigenvalue weighted by atomic mass is 79.9. The molecule has 36 heavy (non-hydrogen) atoms. The summed E-state index contributed by atoms with van der Waals surface area (Å²) in [4.78, 5) is 39.7. The van der Waals surface area contributed by atoms with Gasteiger partial charge in [0.05, 0.1) is 35.7 Å². The summed E-state index contributed by atoms with van der Waals surface area (Å²) in [6, 6.07) is 17.5. The van der Waals surface area contributed by atoms with Crippen molar-refractivity contribution in [3.63, 3.8) is 0 Å². The van der Waals surface area contributed by atoms with E-state index in [0.29, 0.717) is 26.3 Å². The first-order valence-corrected chi connectivity index (χ1v) is 12.4. The highest BCUT2D eigenvalue weighted by Gasteiger charge is 2.35. The largest absolute Gasteiger partial charge is 0.497 e. The Bertz CT molecular complexity index is 1370. The molecular formula is C27H22BrNO6S. The van der Waals surface area contributed by atoms with E-state index in [0.717, 1.165) is 22.9 Å². The topological polar surface area (TPSA) is 82.1 Å². The van der Waals surface area contributed by atoms with Gasteiger partial charge in [0.15, 0.2) is 11.5 Å². The number of thioether (sulfide) groups is 1. The van der Waals surface area contributed by atoms with Crippen molar-refractivity contribution < 1.29 is 28.6 Å². The molecule has 1 aliphatic rings. The van der Waals surface area contributed by atoms with Crippen LogP contribution in [0.5, 0.6) is 17.2 Å². The van der Waals surface area contributed by atoms with E-state index in [1.165, 1.54) is 12.0 Å². The number of imide groups is 1. The van der Waals surface area contributed by atoms with Crippen LogP contribution in [0.15, 0.2) is 70.0 Å². The minimum atomic E-state index is -0.568. The minimum Gasteiger partial charge on any atom is -0.497 e. The molecule has 0 bridgehead atoms. The van der Waals surface area contributed by atoms with Crippen LogP contribution in [0.1, 0.15) is 27.0 Å². The van der Waals surface area contributed by atoms with E-state index < -0.39 is 5.97 Å². The van der Waals surface area contributed by atoms with Gasteiger partial charge in [0.25, 0.3) is 11.1 Å². The molecule has 0 unspecified atom stereocenters. The third kappa shape index (κ3) is 5.63. The van der Waals surface area contributed by atoms with E-state index in [9.17, 15) is 14.4 Å². The van der Waals surface area contributed by atoms with Gasteiger partial charge in [0.2, 0.25) is 0 Å². The quantitative estimate of drug-likeness (QED) is 0.190. The fourth-order valence-electron chi connectivity index (χ4n) is 3.58. The van der Waals surface area contributed by atoms with E-state index in [-0.39, 0.29) is 29.2 Å². The van der Waals surface area contributed by atoms with Crippen molar-refractivity contribution in [2.24, 2.45) is 0 Å². The molecule has 3 aromatic carbocycles. The molecule has 7 nitrogen and oxygen atoms in total. The number of ether oxygens (including phenoxy) is 3. The predicted octanol–water partition coefficient (Wildman–Crippen LogP) is 6.23. The lowest BCUT2D eigenvalue weighted by Gasteiger charge is -2.13. The molecule has 0 N–H and O–H groups in total. The molecule has 9 heteroatoms. The summed E-state index contributed by atoms with van der Waals surface area (Å²) in [5.41, 5.74) is 2.88. The fourth-order valence-corrected chi connectivity index (χ4v) is 4.96. The number of aryl methyl sites for hydroxylation is 1. The average molecular weight is 568 g/mol. The van der Waals surface area contributed by atoms with Crippen molar-refractivity contribution in [2.45, 2.75) is 13.5 Å². The number of rotatable bonds is 7. The predicted molar refractivity (Wildman–Crippen MR) is 141 cm³/mol. The number of carbonyl (C=O) groups is 3. The molecule has 0 spiro atoms. The maximum Gasteiger partial charge on any atom is 0.343 e. The van der Waals surface area contributed by atoms with Crippen LogP contribution in [-0.2, 0) is 11.3 Å². The lowest BCUT2D eigenvalue weighted by molar-refractivity contribution is -0.123. The van der Waals surface area contributed by atoms with E-state index in [2.05, 4.69) is 15.9 Å². The van der Waals surface area contributed by atoms with Crippen LogP contribution in [0.4, 0.5) is 4.79 Å². The normalized spacial score (nSPS) is 14.3. The number of hydrogen-bond donors (Lipinski definition) is 0. The molecule has 4 rings (SSSR count). The molecule has 0 aliphatic carbocycles. The van der Waals surface area contributed by atoms with Gasteiger partial charge in [-0.3, -0.25) is 14.5 Å². The third-order valence-electron chi connectivity index (χ3n) is 5.37. The fraction of sp³-hybridized carbons (Fsp3) is 0.148. The lowest BCUT2D eigenvalue weighted by Crippen LogP contribution is -2.27. The number of benzene rings is 3. The van der Waals surface area contributed by atoms with Crippen molar-refractivity contribution in [1.82, 2.24) is 4.90 Å². The molecule has 1 fully saturated rings. The second kappa shape index (κ2) is 11.0. The monoisotopic (exact) mass is 567 g/mol. The Labute approximate surface area is 221 Å². The van der Waals surface area contributed by atoms with Crippen molar-refractivity contribution in [1.29, 1.82) is 0 Å². The number of esters is 1. The zero-order chi connectivity index (χ0) is 25.8. The first-order chi connectivity index (χ1) is 17.3. The zero-order valence-corrected chi connectivity index (χ0v) is 22.1. The zero-order valence-electron chi connectivity index (χ0n) is 19.7. The van der Waals surface area contributed by atoms with Crippen LogP contribution in [0.2, 0.25) is 0 Å². The first kappa shape index (κ1) is 25.5. The van der Waals surface area contributed by atoms with Crippen LogP contribution < -0.4 is 14.2 Å². The molecule has 184 valence electrons. The Morgan fingerprint density at radius 2 is 1.78 bits per heavy atom. The summed E-state index contributed by atoms with van der Waals surface area (Å²) in [6.45, 7) is 2.16. The van der Waals surface area contributed by atoms with E-state index in [4.69, 9.17) is 14.2 Å². The van der Waals surface area contributed by atoms with Crippen LogP contribution in [0, 0.1) is 6.92 Å². The highest BCUT2D eigenvalue weighted by molar-refractivity contribution is 9.10. The Hall–Kier alpha value is -3.56. The summed E-state index contributed by atoms with van der Waals surface area (Å²) in [5, 5.41) is -0.330. The van der Waals surface area contributed by atoms with Crippen LogP contribution in [0.25, 0.3) is 6.08 Å². The van der Waals surface area contributed by atoms with Gasteiger partial charge < -0.3 is 14.2 Å². The van der Waals surface area contributed by atoms with Crippen molar-refractivity contribution >= 4 is 50.9 Å². The number of amides is 2. The van der Waals surface area contributed by atoms with Gasteiger partial charge in [-0.05, 0) is 88.2 Å². The number of nitrogens with zero attached hydrogens (tertiary/aromatic N) is 1. The lowest BCUT2D eigenvalue weighted by atomic mass is 10.1. The van der Waals surface area contributed by atoms with Gasteiger partial charge in [0.1, 0.15) is 5.75 Å². The maximum atomic E-state index is 13.0. The summed E-state index contributed by atoms with van der Waals surface area (Å²) in [5.74, 6) is 0.177. The molecule has 0 radical (unpaired) electrons. The maximum absolute atomic E-state index is 13.0. The van der Waals surface area contributed by atoms with Gasteiger partial charge in [0, 0.05) is 0 Å². The van der Waals surface area contributed by atoms with E-state index in [1.54, 1.807) is 49.6 Å². The summed E-state index contributed by atoms with van der Waals surface area (Å²) in [6.07, 6.45) is 1.61. The number of carbonyl (C=O) groups excluding carboxylic acids is 3. The van der Waals surface area contributed by atoms with Crippen molar-refractivity contribution in [3.8, 4) is 17.2 Å². The second-order valence-electron chi connectivity index (χ2n) is 7.91. The van der Waals surface area contributed by atoms with Gasteiger partial charge in [-0.1, -0.05) is 29.8 Å². The molecule has 2 amide bonds. The van der Waals surface area contributed by atoms with Gasteiger partial charge in [-0.2, -0.15) is 0 Å². The Balaban J connectivity index is 1.55. The number of halogens is 1. The molecule has 1 aliphatic heterocycles. The smallest absolute Gasteiger partial charge is 0.343 e.